The van der Waals surface area contributed by atoms with Crippen molar-refractivity contribution in [2.24, 2.45) is 10.9 Å². The molecule has 1 saturated heterocycles. The average molecular weight is 430 g/mol. The molecule has 0 spiro atoms. The number of piperidine rings is 1. The van der Waals surface area contributed by atoms with Crippen LogP contribution < -0.4 is 5.32 Å². The quantitative estimate of drug-likeness (QED) is 0.592. The number of hydrogen-bond acceptors (Lipinski definition) is 2. The second kappa shape index (κ2) is 7.66. The Morgan fingerprint density at radius 2 is 2.26 bits per heavy atom. The third-order valence-corrected chi connectivity index (χ3v) is 6.71. The molecule has 0 amide bonds. The number of nitrogens with one attached hydrogen (secondary N) is 1. The number of halogens is 1. The first-order valence-electron chi connectivity index (χ1n) is 9.80. The van der Waals surface area contributed by atoms with Crippen molar-refractivity contribution in [1.29, 1.82) is 0 Å². The topological polar surface area (TPSA) is 45.5 Å². The SMILES string of the molecule is CN=C(NCC1(c2cccc(Br)c2)CC1)N1CCC(C)C(n2ccnc2)C1. The van der Waals surface area contributed by atoms with Crippen molar-refractivity contribution >= 4 is 21.9 Å². The summed E-state index contributed by atoms with van der Waals surface area (Å²) >= 11 is 3.61. The number of nitrogens with zero attached hydrogens (tertiary/aromatic N) is 4. The highest BCUT2D eigenvalue weighted by Gasteiger charge is 2.44. The number of guanidine groups is 1. The zero-order chi connectivity index (χ0) is 18.9. The van der Waals surface area contributed by atoms with Crippen LogP contribution >= 0.6 is 15.9 Å². The molecule has 0 bridgehead atoms. The minimum absolute atomic E-state index is 0.256. The van der Waals surface area contributed by atoms with Gasteiger partial charge in [0.05, 0.1) is 12.4 Å². The summed E-state index contributed by atoms with van der Waals surface area (Å²) in [5.74, 6) is 1.67. The first-order chi connectivity index (χ1) is 13.1. The van der Waals surface area contributed by atoms with E-state index in [2.05, 4.69) is 78.1 Å². The Morgan fingerprint density at radius 3 is 2.93 bits per heavy atom. The maximum Gasteiger partial charge on any atom is 0.193 e. The summed E-state index contributed by atoms with van der Waals surface area (Å²) < 4.78 is 3.40. The molecule has 4 rings (SSSR count). The van der Waals surface area contributed by atoms with Crippen LogP contribution in [0.3, 0.4) is 0 Å². The standard InChI is InChI=1S/C21H28BrN5/c1-16-6-10-26(13-19(16)27-11-9-24-15-27)20(23-2)25-14-21(7-8-21)17-4-3-5-18(22)12-17/h3-5,9,11-12,15-16,19H,6-8,10,13-14H2,1-2H3,(H,23,25). The predicted octanol–water partition coefficient (Wildman–Crippen LogP) is 3.84. The molecule has 2 aliphatic rings. The van der Waals surface area contributed by atoms with Crippen molar-refractivity contribution < 1.29 is 0 Å². The Morgan fingerprint density at radius 1 is 1.41 bits per heavy atom. The van der Waals surface area contributed by atoms with Gasteiger partial charge in [0.15, 0.2) is 5.96 Å². The summed E-state index contributed by atoms with van der Waals surface area (Å²) in [7, 11) is 1.89. The normalized spacial score (nSPS) is 24.7. The van der Waals surface area contributed by atoms with Crippen LogP contribution in [0.2, 0.25) is 0 Å². The number of likely N-dealkylation sites (tertiary alicyclic amines) is 1. The minimum atomic E-state index is 0.256. The molecule has 1 aromatic heterocycles. The molecule has 2 unspecified atom stereocenters. The summed E-state index contributed by atoms with van der Waals surface area (Å²) in [6.45, 7) is 5.31. The number of aromatic nitrogens is 2. The molecular formula is C21H28BrN5. The first kappa shape index (κ1) is 18.5. The second-order valence-corrected chi connectivity index (χ2v) is 8.90. The lowest BCUT2D eigenvalue weighted by atomic mass is 9.93. The third-order valence-electron chi connectivity index (χ3n) is 6.21. The van der Waals surface area contributed by atoms with E-state index in [9.17, 15) is 0 Å². The van der Waals surface area contributed by atoms with E-state index in [1.807, 2.05) is 19.6 Å². The van der Waals surface area contributed by atoms with Crippen LogP contribution in [0.25, 0.3) is 0 Å². The molecule has 0 radical (unpaired) electrons. The van der Waals surface area contributed by atoms with Crippen LogP contribution in [-0.2, 0) is 5.41 Å². The van der Waals surface area contributed by atoms with E-state index in [1.165, 1.54) is 24.8 Å². The summed E-state index contributed by atoms with van der Waals surface area (Å²) in [4.78, 5) is 11.2. The van der Waals surface area contributed by atoms with Crippen LogP contribution in [0.4, 0.5) is 0 Å². The summed E-state index contributed by atoms with van der Waals surface area (Å²) in [5.41, 5.74) is 1.68. The van der Waals surface area contributed by atoms with E-state index in [1.54, 1.807) is 0 Å². The van der Waals surface area contributed by atoms with Gasteiger partial charge in [0.1, 0.15) is 0 Å². The van der Waals surface area contributed by atoms with Gasteiger partial charge < -0.3 is 14.8 Å². The van der Waals surface area contributed by atoms with Crippen LogP contribution in [0.1, 0.15) is 37.8 Å². The smallest absolute Gasteiger partial charge is 0.193 e. The molecule has 2 fully saturated rings. The molecule has 1 aromatic carbocycles. The lowest BCUT2D eigenvalue weighted by Crippen LogP contribution is -2.50. The fourth-order valence-electron chi connectivity index (χ4n) is 4.21. The summed E-state index contributed by atoms with van der Waals surface area (Å²) in [6, 6.07) is 9.18. The molecule has 1 N–H and O–H groups in total. The second-order valence-electron chi connectivity index (χ2n) is 7.98. The van der Waals surface area contributed by atoms with Crippen LogP contribution in [0.5, 0.6) is 0 Å². The number of benzene rings is 1. The zero-order valence-corrected chi connectivity index (χ0v) is 17.7. The van der Waals surface area contributed by atoms with Gasteiger partial charge in [-0.1, -0.05) is 35.0 Å². The third kappa shape index (κ3) is 3.91. The van der Waals surface area contributed by atoms with Gasteiger partial charge in [0.2, 0.25) is 0 Å². The lowest BCUT2D eigenvalue weighted by molar-refractivity contribution is 0.189. The fraction of sp³-hybridized carbons (Fsp3) is 0.524. The molecule has 1 aliphatic carbocycles. The Hall–Kier alpha value is -1.82. The van der Waals surface area contributed by atoms with Crippen molar-refractivity contribution in [1.82, 2.24) is 19.8 Å². The van der Waals surface area contributed by atoms with E-state index in [-0.39, 0.29) is 5.41 Å². The van der Waals surface area contributed by atoms with E-state index in [0.717, 1.165) is 30.1 Å². The van der Waals surface area contributed by atoms with E-state index >= 15 is 0 Å². The van der Waals surface area contributed by atoms with Gasteiger partial charge in [0.25, 0.3) is 0 Å². The Labute approximate surface area is 170 Å². The number of aliphatic imine (C=N–C) groups is 1. The van der Waals surface area contributed by atoms with Gasteiger partial charge in [-0.2, -0.15) is 0 Å². The van der Waals surface area contributed by atoms with E-state index in [0.29, 0.717) is 12.0 Å². The molecule has 2 heterocycles. The Bertz CT molecular complexity index is 797. The maximum absolute atomic E-state index is 4.59. The van der Waals surface area contributed by atoms with Crippen molar-refractivity contribution in [2.75, 3.05) is 26.7 Å². The molecule has 27 heavy (non-hydrogen) atoms. The van der Waals surface area contributed by atoms with Gasteiger partial charge in [-0.05, 0) is 42.9 Å². The maximum atomic E-state index is 4.59. The highest BCUT2D eigenvalue weighted by atomic mass is 79.9. The van der Waals surface area contributed by atoms with Gasteiger partial charge in [-0.25, -0.2) is 4.98 Å². The predicted molar refractivity (Wildman–Crippen MR) is 113 cm³/mol. The van der Waals surface area contributed by atoms with Gasteiger partial charge >= 0.3 is 0 Å². The molecule has 6 heteroatoms. The van der Waals surface area contributed by atoms with Crippen LogP contribution in [0, 0.1) is 5.92 Å². The van der Waals surface area contributed by atoms with Gasteiger partial charge in [-0.15, -0.1) is 0 Å². The molecule has 5 nitrogen and oxygen atoms in total. The highest BCUT2D eigenvalue weighted by Crippen LogP contribution is 2.48. The monoisotopic (exact) mass is 429 g/mol. The lowest BCUT2D eigenvalue weighted by Gasteiger charge is -2.39. The largest absolute Gasteiger partial charge is 0.355 e. The molecule has 144 valence electrons. The highest BCUT2D eigenvalue weighted by molar-refractivity contribution is 9.10. The summed E-state index contributed by atoms with van der Waals surface area (Å²) in [5, 5.41) is 3.68. The molecule has 2 aromatic rings. The van der Waals surface area contributed by atoms with E-state index in [4.69, 9.17) is 0 Å². The fourth-order valence-corrected chi connectivity index (χ4v) is 4.61. The van der Waals surface area contributed by atoms with Crippen molar-refractivity contribution in [3.8, 4) is 0 Å². The van der Waals surface area contributed by atoms with Crippen LogP contribution in [0.15, 0.2) is 52.5 Å². The van der Waals surface area contributed by atoms with Gasteiger partial charge in [-0.3, -0.25) is 4.99 Å². The molecule has 2 atom stereocenters. The van der Waals surface area contributed by atoms with Gasteiger partial charge in [0, 0.05) is 49.0 Å². The molecule has 1 aliphatic heterocycles. The zero-order valence-electron chi connectivity index (χ0n) is 16.1. The Balaban J connectivity index is 1.42. The molecular weight excluding hydrogens is 402 g/mol. The molecule has 1 saturated carbocycles. The van der Waals surface area contributed by atoms with Crippen molar-refractivity contribution in [3.05, 3.63) is 53.0 Å². The first-order valence-corrected chi connectivity index (χ1v) is 10.6. The minimum Gasteiger partial charge on any atom is -0.355 e. The number of imidazole rings is 1. The number of rotatable bonds is 4. The Kier molecular flexibility index (Phi) is 5.26. The summed E-state index contributed by atoms with van der Waals surface area (Å²) in [6.07, 6.45) is 9.53. The van der Waals surface area contributed by atoms with Crippen LogP contribution in [-0.4, -0.2) is 47.1 Å². The number of hydrogen-bond donors (Lipinski definition) is 1. The van der Waals surface area contributed by atoms with E-state index < -0.39 is 0 Å². The van der Waals surface area contributed by atoms with Crippen molar-refractivity contribution in [2.45, 2.75) is 37.6 Å². The van der Waals surface area contributed by atoms with Crippen molar-refractivity contribution in [3.63, 3.8) is 0 Å². The average Bonchev–Trinajstić information content (AvgIpc) is 3.27.